The number of rotatable bonds is 4. The molecule has 108 valence electrons. The van der Waals surface area contributed by atoms with Gasteiger partial charge in [-0.15, -0.1) is 0 Å². The van der Waals surface area contributed by atoms with E-state index in [1.807, 2.05) is 0 Å². The van der Waals surface area contributed by atoms with Crippen molar-refractivity contribution in [3.05, 3.63) is 65.2 Å². The molecule has 0 saturated heterocycles. The van der Waals surface area contributed by atoms with E-state index in [0.29, 0.717) is 17.3 Å². The Balaban J connectivity index is 2.10. The standard InChI is InChI=1S/C15H11F2NO3/c16-10-3-6-12(13(17)8-10)15(21)18-11-4-1-9(2-5-11)7-14(19)20/h1-6,8H,7H2,(H,18,21)(H,19,20). The molecule has 0 unspecified atom stereocenters. The molecule has 2 N–H and O–H groups in total. The molecule has 2 aromatic carbocycles. The van der Waals surface area contributed by atoms with Crippen LogP contribution < -0.4 is 5.32 Å². The Morgan fingerprint density at radius 2 is 1.71 bits per heavy atom. The fraction of sp³-hybridized carbons (Fsp3) is 0.0667. The number of aliphatic carboxylic acids is 1. The zero-order valence-corrected chi connectivity index (χ0v) is 10.8. The molecule has 0 heterocycles. The number of nitrogens with one attached hydrogen (secondary N) is 1. The maximum absolute atomic E-state index is 13.4. The van der Waals surface area contributed by atoms with Crippen molar-refractivity contribution in [2.45, 2.75) is 6.42 Å². The van der Waals surface area contributed by atoms with Crippen molar-refractivity contribution in [2.75, 3.05) is 5.32 Å². The van der Waals surface area contributed by atoms with Gasteiger partial charge in [-0.25, -0.2) is 8.78 Å². The van der Waals surface area contributed by atoms with Gasteiger partial charge in [-0.05, 0) is 29.8 Å². The van der Waals surface area contributed by atoms with Gasteiger partial charge in [-0.2, -0.15) is 0 Å². The highest BCUT2D eigenvalue weighted by Gasteiger charge is 2.12. The quantitative estimate of drug-likeness (QED) is 0.910. The molecule has 0 atom stereocenters. The molecule has 21 heavy (non-hydrogen) atoms. The minimum Gasteiger partial charge on any atom is -0.481 e. The van der Waals surface area contributed by atoms with Crippen LogP contribution in [0.3, 0.4) is 0 Å². The number of amides is 1. The molecule has 0 aliphatic carbocycles. The predicted molar refractivity (Wildman–Crippen MR) is 72.1 cm³/mol. The van der Waals surface area contributed by atoms with Crippen LogP contribution in [0.2, 0.25) is 0 Å². The molecule has 0 saturated carbocycles. The summed E-state index contributed by atoms with van der Waals surface area (Å²) < 4.78 is 26.2. The molecule has 0 bridgehead atoms. The van der Waals surface area contributed by atoms with Crippen LogP contribution in [0.15, 0.2) is 42.5 Å². The van der Waals surface area contributed by atoms with Crippen LogP contribution in [0.5, 0.6) is 0 Å². The van der Waals surface area contributed by atoms with E-state index in [1.165, 1.54) is 12.1 Å². The van der Waals surface area contributed by atoms with Crippen LogP contribution in [0.1, 0.15) is 15.9 Å². The van der Waals surface area contributed by atoms with Crippen LogP contribution in [0, 0.1) is 11.6 Å². The summed E-state index contributed by atoms with van der Waals surface area (Å²) in [4.78, 5) is 22.4. The van der Waals surface area contributed by atoms with Crippen molar-refractivity contribution in [3.63, 3.8) is 0 Å². The lowest BCUT2D eigenvalue weighted by molar-refractivity contribution is -0.136. The molecule has 2 rings (SSSR count). The molecule has 1 amide bonds. The molecule has 0 fully saturated rings. The number of benzene rings is 2. The maximum atomic E-state index is 13.4. The number of carboxylic acids is 1. The molecule has 0 aliphatic rings. The van der Waals surface area contributed by atoms with Gasteiger partial charge in [0.2, 0.25) is 0 Å². The van der Waals surface area contributed by atoms with E-state index < -0.39 is 23.5 Å². The molecular weight excluding hydrogens is 280 g/mol. The molecular formula is C15H11F2NO3. The second kappa shape index (κ2) is 6.13. The minimum absolute atomic E-state index is 0.124. The van der Waals surface area contributed by atoms with Gasteiger partial charge in [-0.3, -0.25) is 9.59 Å². The van der Waals surface area contributed by atoms with Gasteiger partial charge >= 0.3 is 5.97 Å². The largest absolute Gasteiger partial charge is 0.481 e. The van der Waals surface area contributed by atoms with E-state index >= 15 is 0 Å². The monoisotopic (exact) mass is 291 g/mol. The number of carbonyl (C=O) groups excluding carboxylic acids is 1. The second-order valence-corrected chi connectivity index (χ2v) is 4.35. The van der Waals surface area contributed by atoms with E-state index in [-0.39, 0.29) is 12.0 Å². The molecule has 0 aromatic heterocycles. The van der Waals surface area contributed by atoms with Crippen LogP contribution in [0.4, 0.5) is 14.5 Å². The van der Waals surface area contributed by atoms with Crippen LogP contribution in [-0.2, 0) is 11.2 Å². The van der Waals surface area contributed by atoms with Gasteiger partial charge in [0.15, 0.2) is 0 Å². The summed E-state index contributed by atoms with van der Waals surface area (Å²) >= 11 is 0. The summed E-state index contributed by atoms with van der Waals surface area (Å²) in [6.45, 7) is 0. The summed E-state index contributed by atoms with van der Waals surface area (Å²) in [6, 6.07) is 8.79. The normalized spacial score (nSPS) is 10.2. The number of carboxylic acid groups (broad SMARTS) is 1. The van der Waals surface area contributed by atoms with Crippen molar-refractivity contribution < 1.29 is 23.5 Å². The molecule has 2 aromatic rings. The molecule has 0 spiro atoms. The molecule has 6 heteroatoms. The lowest BCUT2D eigenvalue weighted by Crippen LogP contribution is -2.14. The summed E-state index contributed by atoms with van der Waals surface area (Å²) in [5, 5.41) is 11.1. The first kappa shape index (κ1) is 14.6. The molecule has 0 radical (unpaired) electrons. The van der Waals surface area contributed by atoms with E-state index in [9.17, 15) is 18.4 Å². The Hall–Kier alpha value is -2.76. The Bertz CT molecular complexity index is 684. The van der Waals surface area contributed by atoms with Gasteiger partial charge < -0.3 is 10.4 Å². The Morgan fingerprint density at radius 1 is 1.05 bits per heavy atom. The zero-order valence-electron chi connectivity index (χ0n) is 10.8. The highest BCUT2D eigenvalue weighted by molar-refractivity contribution is 6.04. The van der Waals surface area contributed by atoms with E-state index in [2.05, 4.69) is 5.32 Å². The SMILES string of the molecule is O=C(O)Cc1ccc(NC(=O)c2ccc(F)cc2F)cc1. The first-order chi connectivity index (χ1) is 9.95. The topological polar surface area (TPSA) is 66.4 Å². The fourth-order valence-corrected chi connectivity index (χ4v) is 1.75. The minimum atomic E-state index is -0.958. The van der Waals surface area contributed by atoms with E-state index in [4.69, 9.17) is 5.11 Å². The highest BCUT2D eigenvalue weighted by Crippen LogP contribution is 2.14. The van der Waals surface area contributed by atoms with E-state index in [0.717, 1.165) is 12.1 Å². The zero-order chi connectivity index (χ0) is 15.4. The van der Waals surface area contributed by atoms with E-state index in [1.54, 1.807) is 12.1 Å². The lowest BCUT2D eigenvalue weighted by atomic mass is 10.1. The highest BCUT2D eigenvalue weighted by atomic mass is 19.1. The third-order valence-corrected chi connectivity index (χ3v) is 2.74. The Kier molecular flexibility index (Phi) is 4.27. The Morgan fingerprint density at radius 3 is 2.29 bits per heavy atom. The van der Waals surface area contributed by atoms with Crippen molar-refractivity contribution in [1.29, 1.82) is 0 Å². The van der Waals surface area contributed by atoms with Gasteiger partial charge in [0, 0.05) is 11.8 Å². The average molecular weight is 291 g/mol. The van der Waals surface area contributed by atoms with Gasteiger partial charge in [0.05, 0.1) is 12.0 Å². The van der Waals surface area contributed by atoms with Crippen LogP contribution >= 0.6 is 0 Å². The number of hydrogen-bond acceptors (Lipinski definition) is 2. The summed E-state index contributed by atoms with van der Waals surface area (Å²) in [5.74, 6) is -3.38. The summed E-state index contributed by atoms with van der Waals surface area (Å²) in [5.41, 5.74) is 0.692. The Labute approximate surface area is 119 Å². The third-order valence-electron chi connectivity index (χ3n) is 2.74. The second-order valence-electron chi connectivity index (χ2n) is 4.35. The number of carbonyl (C=O) groups is 2. The van der Waals surface area contributed by atoms with Crippen molar-refractivity contribution in [2.24, 2.45) is 0 Å². The van der Waals surface area contributed by atoms with Gasteiger partial charge in [-0.1, -0.05) is 12.1 Å². The van der Waals surface area contributed by atoms with Crippen molar-refractivity contribution in [1.82, 2.24) is 0 Å². The predicted octanol–water partition coefficient (Wildman–Crippen LogP) is 2.84. The van der Waals surface area contributed by atoms with Crippen LogP contribution in [0.25, 0.3) is 0 Å². The van der Waals surface area contributed by atoms with Gasteiger partial charge in [0.25, 0.3) is 5.91 Å². The molecule has 4 nitrogen and oxygen atoms in total. The van der Waals surface area contributed by atoms with Gasteiger partial charge in [0.1, 0.15) is 11.6 Å². The maximum Gasteiger partial charge on any atom is 0.307 e. The number of anilines is 1. The number of hydrogen-bond donors (Lipinski definition) is 2. The molecule has 0 aliphatic heterocycles. The fourth-order valence-electron chi connectivity index (χ4n) is 1.75. The number of halogens is 2. The van der Waals surface area contributed by atoms with Crippen LogP contribution in [-0.4, -0.2) is 17.0 Å². The first-order valence-corrected chi connectivity index (χ1v) is 6.03. The first-order valence-electron chi connectivity index (χ1n) is 6.03. The van der Waals surface area contributed by atoms with Crippen molar-refractivity contribution in [3.8, 4) is 0 Å². The summed E-state index contributed by atoms with van der Waals surface area (Å²) in [6.07, 6.45) is -0.124. The smallest absolute Gasteiger partial charge is 0.307 e. The lowest BCUT2D eigenvalue weighted by Gasteiger charge is -2.07. The van der Waals surface area contributed by atoms with Crippen molar-refractivity contribution >= 4 is 17.6 Å². The third kappa shape index (κ3) is 3.85. The summed E-state index contributed by atoms with van der Waals surface area (Å²) in [7, 11) is 0. The average Bonchev–Trinajstić information content (AvgIpc) is 2.40.